The van der Waals surface area contributed by atoms with Gasteiger partial charge in [0, 0.05) is 12.8 Å². The first-order valence-electron chi connectivity index (χ1n) is 4.42. The first-order chi connectivity index (χ1) is 6.22. The molecule has 0 spiro atoms. The predicted octanol–water partition coefficient (Wildman–Crippen LogP) is 2.70. The Morgan fingerprint density at radius 2 is 1.86 bits per heavy atom. The second-order valence-electron chi connectivity index (χ2n) is 3.78. The predicted molar refractivity (Wildman–Crippen MR) is 40.9 cm³/mol. The smallest absolute Gasteiger partial charge is 0.320 e. The van der Waals surface area contributed by atoms with Crippen LogP contribution < -0.4 is 5.73 Å². The highest BCUT2D eigenvalue weighted by molar-refractivity contribution is 4.87. The molecule has 0 bridgehead atoms. The third-order valence-electron chi connectivity index (χ3n) is 2.56. The van der Waals surface area contributed by atoms with Crippen molar-refractivity contribution in [2.45, 2.75) is 43.8 Å². The van der Waals surface area contributed by atoms with Crippen molar-refractivity contribution in [3.05, 3.63) is 0 Å². The molecule has 0 saturated heterocycles. The summed E-state index contributed by atoms with van der Waals surface area (Å²) in [5.41, 5.74) is 4.89. The summed E-state index contributed by atoms with van der Waals surface area (Å²) in [5.74, 6) is -4.12. The zero-order valence-electron chi connectivity index (χ0n) is 7.45. The van der Waals surface area contributed by atoms with E-state index in [1.54, 1.807) is 0 Å². The van der Waals surface area contributed by atoms with Gasteiger partial charge < -0.3 is 5.73 Å². The third-order valence-corrected chi connectivity index (χ3v) is 2.56. The van der Waals surface area contributed by atoms with Gasteiger partial charge in [-0.15, -0.1) is 0 Å². The van der Waals surface area contributed by atoms with Crippen molar-refractivity contribution in [3.8, 4) is 0 Å². The van der Waals surface area contributed by atoms with E-state index in [1.165, 1.54) is 0 Å². The Morgan fingerprint density at radius 1 is 1.29 bits per heavy atom. The molecule has 0 aliphatic heterocycles. The Hall–Kier alpha value is -0.390. The molecule has 1 aliphatic carbocycles. The van der Waals surface area contributed by atoms with E-state index in [9.17, 15) is 22.0 Å². The number of nitrogens with two attached hydrogens (primary N) is 1. The lowest BCUT2D eigenvalue weighted by Crippen LogP contribution is -2.47. The van der Waals surface area contributed by atoms with Crippen LogP contribution >= 0.6 is 0 Å². The number of alkyl halides is 5. The van der Waals surface area contributed by atoms with Gasteiger partial charge in [-0.1, -0.05) is 0 Å². The van der Waals surface area contributed by atoms with Gasteiger partial charge in [-0.2, -0.15) is 13.2 Å². The van der Waals surface area contributed by atoms with Crippen LogP contribution in [0.3, 0.4) is 0 Å². The third kappa shape index (κ3) is 2.80. The van der Waals surface area contributed by atoms with E-state index in [4.69, 9.17) is 5.73 Å². The minimum atomic E-state index is -4.57. The van der Waals surface area contributed by atoms with Gasteiger partial charge in [-0.3, -0.25) is 0 Å². The Labute approximate surface area is 78.5 Å². The highest BCUT2D eigenvalue weighted by Gasteiger charge is 2.47. The lowest BCUT2D eigenvalue weighted by molar-refractivity contribution is -0.171. The molecule has 1 nitrogen and oxygen atoms in total. The Morgan fingerprint density at radius 3 is 2.29 bits per heavy atom. The Bertz CT molecular complexity index is 197. The molecular weight excluding hydrogens is 205 g/mol. The molecule has 0 radical (unpaired) electrons. The maximum atomic E-state index is 12.8. The maximum absolute atomic E-state index is 12.8. The molecule has 6 heteroatoms. The average molecular weight is 217 g/mol. The van der Waals surface area contributed by atoms with E-state index in [2.05, 4.69) is 0 Å². The molecule has 84 valence electrons. The molecule has 0 aromatic heterocycles. The molecule has 2 N–H and O–H groups in total. The highest BCUT2D eigenvalue weighted by Crippen LogP contribution is 2.40. The lowest BCUT2D eigenvalue weighted by Gasteiger charge is -2.33. The van der Waals surface area contributed by atoms with Crippen LogP contribution in [0.1, 0.15) is 25.7 Å². The van der Waals surface area contributed by atoms with Gasteiger partial charge >= 0.3 is 6.18 Å². The van der Waals surface area contributed by atoms with Crippen molar-refractivity contribution in [2.75, 3.05) is 0 Å². The monoisotopic (exact) mass is 217 g/mol. The van der Waals surface area contributed by atoms with Gasteiger partial charge in [0.05, 0.1) is 0 Å². The minimum Gasteiger partial charge on any atom is -0.320 e. The van der Waals surface area contributed by atoms with Crippen LogP contribution in [-0.4, -0.2) is 18.1 Å². The number of hydrogen-bond donors (Lipinski definition) is 1. The summed E-state index contributed by atoms with van der Waals surface area (Å²) in [5, 5.41) is 0. The van der Waals surface area contributed by atoms with Gasteiger partial charge in [-0.25, -0.2) is 8.78 Å². The van der Waals surface area contributed by atoms with Crippen molar-refractivity contribution in [1.29, 1.82) is 0 Å². The lowest BCUT2D eigenvalue weighted by atomic mass is 9.82. The fourth-order valence-corrected chi connectivity index (χ4v) is 1.78. The van der Waals surface area contributed by atoms with E-state index in [-0.39, 0.29) is 19.3 Å². The van der Waals surface area contributed by atoms with E-state index in [0.29, 0.717) is 0 Å². The van der Waals surface area contributed by atoms with E-state index >= 15 is 0 Å². The summed E-state index contributed by atoms with van der Waals surface area (Å²) in [6, 6.07) is -2.12. The molecule has 2 atom stereocenters. The first kappa shape index (κ1) is 11.7. The van der Waals surface area contributed by atoms with Crippen LogP contribution in [0.4, 0.5) is 22.0 Å². The quantitative estimate of drug-likeness (QED) is 0.671. The molecule has 0 amide bonds. The van der Waals surface area contributed by atoms with Crippen LogP contribution in [-0.2, 0) is 0 Å². The summed E-state index contributed by atoms with van der Waals surface area (Å²) in [6.45, 7) is 0. The summed E-state index contributed by atoms with van der Waals surface area (Å²) >= 11 is 0. The summed E-state index contributed by atoms with van der Waals surface area (Å²) in [6.07, 6.45) is -5.39. The standard InChI is InChI=1S/C8H12F5N/c9-7(10)3-1-2-5(4-7)6(14)8(11,12)13/h5-6H,1-4,14H2. The van der Waals surface area contributed by atoms with E-state index < -0.39 is 30.5 Å². The summed E-state index contributed by atoms with van der Waals surface area (Å²) < 4.78 is 61.9. The van der Waals surface area contributed by atoms with Gasteiger partial charge in [0.15, 0.2) is 0 Å². The molecule has 1 aliphatic rings. The normalized spacial score (nSPS) is 30.0. The molecule has 0 heterocycles. The molecule has 1 fully saturated rings. The zero-order valence-corrected chi connectivity index (χ0v) is 7.45. The highest BCUT2D eigenvalue weighted by atomic mass is 19.4. The second-order valence-corrected chi connectivity index (χ2v) is 3.78. The van der Waals surface area contributed by atoms with Gasteiger partial charge in [0.2, 0.25) is 5.92 Å². The minimum absolute atomic E-state index is 0.113. The topological polar surface area (TPSA) is 26.0 Å². The van der Waals surface area contributed by atoms with Gasteiger partial charge in [0.25, 0.3) is 0 Å². The first-order valence-corrected chi connectivity index (χ1v) is 4.42. The fourth-order valence-electron chi connectivity index (χ4n) is 1.78. The zero-order chi connectivity index (χ0) is 11.0. The Kier molecular flexibility index (Phi) is 3.04. The van der Waals surface area contributed by atoms with Crippen LogP contribution in [0.15, 0.2) is 0 Å². The van der Waals surface area contributed by atoms with Crippen molar-refractivity contribution in [3.63, 3.8) is 0 Å². The second kappa shape index (κ2) is 3.64. The largest absolute Gasteiger partial charge is 0.403 e. The van der Waals surface area contributed by atoms with Crippen LogP contribution in [0.25, 0.3) is 0 Å². The Balaban J connectivity index is 2.61. The summed E-state index contributed by atoms with van der Waals surface area (Å²) in [7, 11) is 0. The molecule has 14 heavy (non-hydrogen) atoms. The van der Waals surface area contributed by atoms with E-state index in [1.807, 2.05) is 0 Å². The molecule has 0 aromatic rings. The molecule has 1 saturated carbocycles. The van der Waals surface area contributed by atoms with Gasteiger partial charge in [0.1, 0.15) is 6.04 Å². The van der Waals surface area contributed by atoms with Crippen molar-refractivity contribution < 1.29 is 22.0 Å². The average Bonchev–Trinajstić information content (AvgIpc) is 1.99. The molecule has 1 rings (SSSR count). The van der Waals surface area contributed by atoms with Crippen molar-refractivity contribution in [1.82, 2.24) is 0 Å². The van der Waals surface area contributed by atoms with Crippen LogP contribution in [0.2, 0.25) is 0 Å². The van der Waals surface area contributed by atoms with Gasteiger partial charge in [-0.05, 0) is 18.8 Å². The molecule has 2 unspecified atom stereocenters. The molecule has 0 aromatic carbocycles. The fraction of sp³-hybridized carbons (Fsp3) is 1.00. The van der Waals surface area contributed by atoms with Crippen LogP contribution in [0, 0.1) is 5.92 Å². The van der Waals surface area contributed by atoms with Crippen LogP contribution in [0.5, 0.6) is 0 Å². The summed E-state index contributed by atoms with van der Waals surface area (Å²) in [4.78, 5) is 0. The number of hydrogen-bond acceptors (Lipinski definition) is 1. The van der Waals surface area contributed by atoms with Crippen molar-refractivity contribution in [2.24, 2.45) is 11.7 Å². The molecular formula is C8H12F5N. The van der Waals surface area contributed by atoms with Crippen molar-refractivity contribution >= 4 is 0 Å². The maximum Gasteiger partial charge on any atom is 0.403 e. The number of halogens is 5. The number of rotatable bonds is 1. The van der Waals surface area contributed by atoms with E-state index in [0.717, 1.165) is 0 Å². The SMILES string of the molecule is NC(C1CCCC(F)(F)C1)C(F)(F)F.